The predicted molar refractivity (Wildman–Crippen MR) is 111 cm³/mol. The van der Waals surface area contributed by atoms with Gasteiger partial charge in [0.1, 0.15) is 11.6 Å². The van der Waals surface area contributed by atoms with Crippen molar-refractivity contribution in [1.29, 1.82) is 0 Å². The molecule has 0 aliphatic rings. The molecule has 148 valence electrons. The standard InChI is InChI=1S/C23H19ClFNO3/c1-2-21(29-18-11-9-17(25)10-12-18)23(28)26-20-13-8-16(24)14-19(20)22(27)15-6-4-3-5-7-15/h3-14,21H,2H2,1H3,(H,26,28). The van der Waals surface area contributed by atoms with E-state index in [1.807, 2.05) is 6.07 Å². The van der Waals surface area contributed by atoms with Crippen molar-refractivity contribution in [2.24, 2.45) is 0 Å². The van der Waals surface area contributed by atoms with Crippen LogP contribution in [0.2, 0.25) is 5.02 Å². The molecule has 0 fully saturated rings. The van der Waals surface area contributed by atoms with Crippen molar-refractivity contribution < 1.29 is 18.7 Å². The van der Waals surface area contributed by atoms with Crippen LogP contribution in [0.4, 0.5) is 10.1 Å². The minimum Gasteiger partial charge on any atom is -0.481 e. The summed E-state index contributed by atoms with van der Waals surface area (Å²) in [6, 6.07) is 18.9. The fourth-order valence-electron chi connectivity index (χ4n) is 2.77. The number of ketones is 1. The molecular formula is C23H19ClFNO3. The number of amides is 1. The van der Waals surface area contributed by atoms with Crippen LogP contribution < -0.4 is 10.1 Å². The molecule has 1 amide bonds. The Labute approximate surface area is 173 Å². The summed E-state index contributed by atoms with van der Waals surface area (Å²) in [5.41, 5.74) is 1.11. The molecule has 0 saturated heterocycles. The van der Waals surface area contributed by atoms with Gasteiger partial charge in [0.05, 0.1) is 5.69 Å². The molecular weight excluding hydrogens is 393 g/mol. The molecule has 0 aromatic heterocycles. The number of rotatable bonds is 7. The zero-order chi connectivity index (χ0) is 20.8. The fraction of sp³-hybridized carbons (Fsp3) is 0.130. The van der Waals surface area contributed by atoms with Crippen molar-refractivity contribution in [2.45, 2.75) is 19.4 Å². The van der Waals surface area contributed by atoms with E-state index < -0.39 is 12.0 Å². The molecule has 0 bridgehead atoms. The first-order valence-electron chi connectivity index (χ1n) is 9.10. The van der Waals surface area contributed by atoms with Crippen LogP contribution in [-0.2, 0) is 4.79 Å². The predicted octanol–water partition coefficient (Wildman–Crippen LogP) is 5.51. The Kier molecular flexibility index (Phi) is 6.62. The van der Waals surface area contributed by atoms with E-state index in [9.17, 15) is 14.0 Å². The largest absolute Gasteiger partial charge is 0.481 e. The van der Waals surface area contributed by atoms with E-state index in [0.29, 0.717) is 28.4 Å². The zero-order valence-electron chi connectivity index (χ0n) is 15.7. The Hall–Kier alpha value is -3.18. The summed E-state index contributed by atoms with van der Waals surface area (Å²) in [7, 11) is 0. The number of halogens is 2. The summed E-state index contributed by atoms with van der Waals surface area (Å²) in [5.74, 6) is -0.678. The maximum atomic E-state index is 13.1. The minimum absolute atomic E-state index is 0.254. The van der Waals surface area contributed by atoms with Crippen LogP contribution in [0.3, 0.4) is 0 Å². The second-order valence-corrected chi connectivity index (χ2v) is 6.78. The smallest absolute Gasteiger partial charge is 0.265 e. The molecule has 0 saturated carbocycles. The average molecular weight is 412 g/mol. The van der Waals surface area contributed by atoms with E-state index in [1.54, 1.807) is 43.3 Å². The number of nitrogens with one attached hydrogen (secondary N) is 1. The lowest BCUT2D eigenvalue weighted by Crippen LogP contribution is -2.33. The van der Waals surface area contributed by atoms with Gasteiger partial charge in [-0.15, -0.1) is 0 Å². The molecule has 0 heterocycles. The van der Waals surface area contributed by atoms with Crippen molar-refractivity contribution in [2.75, 3.05) is 5.32 Å². The highest BCUT2D eigenvalue weighted by Crippen LogP contribution is 2.24. The van der Waals surface area contributed by atoms with Gasteiger partial charge >= 0.3 is 0 Å². The Morgan fingerprint density at radius 3 is 2.38 bits per heavy atom. The molecule has 4 nitrogen and oxygen atoms in total. The Morgan fingerprint density at radius 2 is 1.72 bits per heavy atom. The monoisotopic (exact) mass is 411 g/mol. The summed E-state index contributed by atoms with van der Waals surface area (Å²) < 4.78 is 18.7. The highest BCUT2D eigenvalue weighted by molar-refractivity contribution is 6.31. The molecule has 29 heavy (non-hydrogen) atoms. The van der Waals surface area contributed by atoms with Gasteiger partial charge in [-0.05, 0) is 48.9 Å². The van der Waals surface area contributed by atoms with Gasteiger partial charge < -0.3 is 10.1 Å². The highest BCUT2D eigenvalue weighted by Gasteiger charge is 2.22. The molecule has 3 rings (SSSR count). The first kappa shape index (κ1) is 20.6. The molecule has 1 N–H and O–H groups in total. The maximum Gasteiger partial charge on any atom is 0.265 e. The van der Waals surface area contributed by atoms with Crippen molar-refractivity contribution in [3.05, 3.63) is 94.8 Å². The van der Waals surface area contributed by atoms with Gasteiger partial charge in [0.25, 0.3) is 5.91 Å². The molecule has 6 heteroatoms. The second kappa shape index (κ2) is 9.34. The third kappa shape index (κ3) is 5.21. The van der Waals surface area contributed by atoms with E-state index in [1.165, 1.54) is 30.3 Å². The van der Waals surface area contributed by atoms with Crippen LogP contribution in [0.25, 0.3) is 0 Å². The van der Waals surface area contributed by atoms with Gasteiger partial charge in [-0.3, -0.25) is 9.59 Å². The average Bonchev–Trinajstić information content (AvgIpc) is 2.74. The number of ether oxygens (including phenoxy) is 1. The molecule has 3 aromatic rings. The fourth-order valence-corrected chi connectivity index (χ4v) is 2.94. The highest BCUT2D eigenvalue weighted by atomic mass is 35.5. The Bertz CT molecular complexity index is 1010. The lowest BCUT2D eigenvalue weighted by atomic mass is 10.0. The summed E-state index contributed by atoms with van der Waals surface area (Å²) in [6.07, 6.45) is -0.422. The van der Waals surface area contributed by atoms with E-state index in [4.69, 9.17) is 16.3 Å². The lowest BCUT2D eigenvalue weighted by molar-refractivity contribution is -0.122. The molecule has 3 aromatic carbocycles. The van der Waals surface area contributed by atoms with Gasteiger partial charge in [0.2, 0.25) is 0 Å². The number of anilines is 1. The topological polar surface area (TPSA) is 55.4 Å². The maximum absolute atomic E-state index is 13.1. The molecule has 0 spiro atoms. The number of hydrogen-bond donors (Lipinski definition) is 1. The van der Waals surface area contributed by atoms with Gasteiger partial charge in [-0.2, -0.15) is 0 Å². The SMILES string of the molecule is CCC(Oc1ccc(F)cc1)C(=O)Nc1ccc(Cl)cc1C(=O)c1ccccc1. The summed E-state index contributed by atoms with van der Waals surface area (Å²) >= 11 is 6.07. The first-order valence-corrected chi connectivity index (χ1v) is 9.48. The normalized spacial score (nSPS) is 11.6. The van der Waals surface area contributed by atoms with E-state index in [0.717, 1.165) is 0 Å². The number of carbonyl (C=O) groups is 2. The van der Waals surface area contributed by atoms with Crippen molar-refractivity contribution >= 4 is 29.0 Å². The Balaban J connectivity index is 1.82. The van der Waals surface area contributed by atoms with E-state index in [-0.39, 0.29) is 17.2 Å². The van der Waals surface area contributed by atoms with Gasteiger partial charge in [-0.1, -0.05) is 48.9 Å². The summed E-state index contributed by atoms with van der Waals surface area (Å²) in [6.45, 7) is 1.80. The molecule has 0 radical (unpaired) electrons. The van der Waals surface area contributed by atoms with Crippen molar-refractivity contribution in [3.8, 4) is 5.75 Å². The second-order valence-electron chi connectivity index (χ2n) is 6.34. The molecule has 0 aliphatic heterocycles. The zero-order valence-corrected chi connectivity index (χ0v) is 16.4. The van der Waals surface area contributed by atoms with Crippen molar-refractivity contribution in [1.82, 2.24) is 0 Å². The van der Waals surface area contributed by atoms with Crippen LogP contribution in [0.15, 0.2) is 72.8 Å². The quantitative estimate of drug-likeness (QED) is 0.522. The summed E-state index contributed by atoms with van der Waals surface area (Å²) in [5, 5.41) is 3.14. The van der Waals surface area contributed by atoms with Crippen LogP contribution in [0.5, 0.6) is 5.75 Å². The third-order valence-corrected chi connectivity index (χ3v) is 4.51. The lowest BCUT2D eigenvalue weighted by Gasteiger charge is -2.18. The van der Waals surface area contributed by atoms with Crippen LogP contribution in [0.1, 0.15) is 29.3 Å². The van der Waals surface area contributed by atoms with Crippen LogP contribution in [-0.4, -0.2) is 17.8 Å². The molecule has 1 unspecified atom stereocenters. The van der Waals surface area contributed by atoms with Crippen LogP contribution >= 0.6 is 11.6 Å². The number of carbonyl (C=O) groups excluding carboxylic acids is 2. The van der Waals surface area contributed by atoms with Gasteiger partial charge in [-0.25, -0.2) is 4.39 Å². The Morgan fingerprint density at radius 1 is 1.03 bits per heavy atom. The van der Waals surface area contributed by atoms with Gasteiger partial charge in [0, 0.05) is 16.1 Å². The molecule has 1 atom stereocenters. The van der Waals surface area contributed by atoms with Crippen molar-refractivity contribution in [3.63, 3.8) is 0 Å². The van der Waals surface area contributed by atoms with Gasteiger partial charge in [0.15, 0.2) is 11.9 Å². The number of benzene rings is 3. The van der Waals surface area contributed by atoms with E-state index in [2.05, 4.69) is 5.32 Å². The number of hydrogen-bond acceptors (Lipinski definition) is 3. The minimum atomic E-state index is -0.809. The molecule has 0 aliphatic carbocycles. The third-order valence-electron chi connectivity index (χ3n) is 4.28. The first-order chi connectivity index (χ1) is 14.0. The summed E-state index contributed by atoms with van der Waals surface area (Å²) in [4.78, 5) is 25.6. The van der Waals surface area contributed by atoms with Crippen LogP contribution in [0, 0.1) is 5.82 Å². The van der Waals surface area contributed by atoms with E-state index >= 15 is 0 Å².